The van der Waals surface area contributed by atoms with Crippen LogP contribution in [-0.2, 0) is 11.2 Å². The summed E-state index contributed by atoms with van der Waals surface area (Å²) in [5.41, 5.74) is 3.12. The lowest BCUT2D eigenvalue weighted by Crippen LogP contribution is -2.26. The van der Waals surface area contributed by atoms with Crippen LogP contribution in [0, 0.1) is 0 Å². The smallest absolute Gasteiger partial charge is 0.319 e. The number of hydrogen-bond donors (Lipinski definition) is 1. The molecule has 1 heterocycles. The van der Waals surface area contributed by atoms with Crippen molar-refractivity contribution in [3.8, 4) is 11.5 Å². The van der Waals surface area contributed by atoms with Crippen molar-refractivity contribution in [2.75, 3.05) is 13.6 Å². The van der Waals surface area contributed by atoms with E-state index < -0.39 is 0 Å². The van der Waals surface area contributed by atoms with Gasteiger partial charge in [-0.1, -0.05) is 60.7 Å². The maximum absolute atomic E-state index is 12.5. The van der Waals surface area contributed by atoms with Crippen LogP contribution in [0.15, 0.2) is 78.9 Å². The number of rotatable bonds is 7. The van der Waals surface area contributed by atoms with Crippen molar-refractivity contribution >= 4 is 5.97 Å². The zero-order valence-corrected chi connectivity index (χ0v) is 16.5. The summed E-state index contributed by atoms with van der Waals surface area (Å²) in [5.74, 6) is 0.932. The van der Waals surface area contributed by atoms with Gasteiger partial charge in [-0.25, -0.2) is 0 Å². The van der Waals surface area contributed by atoms with Crippen LogP contribution in [0.25, 0.3) is 0 Å². The summed E-state index contributed by atoms with van der Waals surface area (Å²) in [6.45, 7) is 0.859. The van der Waals surface area contributed by atoms with Gasteiger partial charge in [-0.15, -0.1) is 0 Å². The maximum Gasteiger partial charge on any atom is 0.319 e. The minimum atomic E-state index is -0.284. The van der Waals surface area contributed by atoms with Crippen molar-refractivity contribution in [3.05, 3.63) is 95.6 Å². The number of nitrogens with one attached hydrogen (secondary N) is 1. The first-order valence-electron chi connectivity index (χ1n) is 10.0. The lowest BCUT2D eigenvalue weighted by molar-refractivity contribution is -0.137. The van der Waals surface area contributed by atoms with Crippen LogP contribution in [0.5, 0.6) is 11.5 Å². The van der Waals surface area contributed by atoms with Crippen molar-refractivity contribution in [2.45, 2.75) is 24.9 Å². The number of hydrogen-bond acceptors (Lipinski definition) is 4. The molecule has 3 aromatic carbocycles. The lowest BCUT2D eigenvalue weighted by Gasteiger charge is -2.25. The predicted molar refractivity (Wildman–Crippen MR) is 113 cm³/mol. The molecule has 1 aliphatic heterocycles. The van der Waals surface area contributed by atoms with E-state index >= 15 is 0 Å². The number of carbonyl (C=O) groups excluding carboxylic acids is 1. The third-order valence-electron chi connectivity index (χ3n) is 5.26. The highest BCUT2D eigenvalue weighted by molar-refractivity contribution is 5.83. The molecule has 1 N–H and O–H groups in total. The van der Waals surface area contributed by atoms with Crippen LogP contribution in [-0.4, -0.2) is 19.6 Å². The Bertz CT molecular complexity index is 956. The average molecular weight is 387 g/mol. The summed E-state index contributed by atoms with van der Waals surface area (Å²) in [6.07, 6.45) is 1.43. The number of carbonyl (C=O) groups is 1. The number of ether oxygens (including phenoxy) is 2. The van der Waals surface area contributed by atoms with Crippen molar-refractivity contribution in [1.29, 1.82) is 0 Å². The van der Waals surface area contributed by atoms with E-state index in [1.807, 2.05) is 73.8 Å². The summed E-state index contributed by atoms with van der Waals surface area (Å²) in [5, 5.41) is 3.19. The molecular weight excluding hydrogens is 362 g/mol. The molecule has 2 atom stereocenters. The molecule has 0 saturated carbocycles. The fraction of sp³-hybridized carbons (Fsp3) is 0.240. The Kier molecular flexibility index (Phi) is 5.92. The quantitative estimate of drug-likeness (QED) is 0.473. The van der Waals surface area contributed by atoms with Crippen LogP contribution in [0.2, 0.25) is 0 Å². The molecule has 0 fully saturated rings. The third-order valence-corrected chi connectivity index (χ3v) is 5.26. The molecule has 0 aliphatic carbocycles. The largest absolute Gasteiger partial charge is 0.486 e. The second kappa shape index (κ2) is 8.93. The van der Waals surface area contributed by atoms with Gasteiger partial charge in [0.25, 0.3) is 0 Å². The molecule has 0 radical (unpaired) electrons. The van der Waals surface area contributed by atoms with Crippen molar-refractivity contribution in [3.63, 3.8) is 0 Å². The molecule has 1 aliphatic rings. The van der Waals surface area contributed by atoms with Crippen molar-refractivity contribution in [2.24, 2.45) is 0 Å². The van der Waals surface area contributed by atoms with E-state index in [1.165, 1.54) is 0 Å². The van der Waals surface area contributed by atoms with E-state index in [-0.39, 0.29) is 18.0 Å². The van der Waals surface area contributed by atoms with Crippen LogP contribution in [0.1, 0.15) is 35.1 Å². The van der Waals surface area contributed by atoms with E-state index in [0.29, 0.717) is 12.2 Å². The zero-order chi connectivity index (χ0) is 20.1. The second-order valence-electron chi connectivity index (χ2n) is 7.27. The molecule has 0 bridgehead atoms. The fourth-order valence-electron chi connectivity index (χ4n) is 3.71. The summed E-state index contributed by atoms with van der Waals surface area (Å²) in [7, 11) is 1.94. The Hall–Kier alpha value is -3.11. The van der Waals surface area contributed by atoms with E-state index in [0.717, 1.165) is 35.4 Å². The monoisotopic (exact) mass is 387 g/mol. The normalized spacial score (nSPS) is 16.6. The van der Waals surface area contributed by atoms with Gasteiger partial charge in [0.2, 0.25) is 0 Å². The van der Waals surface area contributed by atoms with Gasteiger partial charge in [0, 0.05) is 6.42 Å². The fourth-order valence-corrected chi connectivity index (χ4v) is 3.71. The summed E-state index contributed by atoms with van der Waals surface area (Å²) in [6, 6.07) is 25.8. The molecule has 3 aromatic rings. The lowest BCUT2D eigenvalue weighted by atomic mass is 9.90. The Morgan fingerprint density at radius 1 is 1.03 bits per heavy atom. The van der Waals surface area contributed by atoms with E-state index in [1.54, 1.807) is 0 Å². The first-order chi connectivity index (χ1) is 14.2. The minimum absolute atomic E-state index is 0.0437. The molecule has 4 heteroatoms. The van der Waals surface area contributed by atoms with E-state index in [9.17, 15) is 4.79 Å². The van der Waals surface area contributed by atoms with Crippen molar-refractivity contribution < 1.29 is 14.3 Å². The Balaban J connectivity index is 1.56. The van der Waals surface area contributed by atoms with Crippen LogP contribution in [0.4, 0.5) is 0 Å². The van der Waals surface area contributed by atoms with Gasteiger partial charge in [-0.3, -0.25) is 4.79 Å². The standard InChI is InChI=1S/C25H25NO3/c1-26-15-14-24(19-10-6-3-7-11-19)28-21-12-13-23-20(16-21)17-22(25(27)29-23)18-8-4-2-5-9-18/h2-13,16,22,24,26H,14-15,17H2,1H3. The van der Waals surface area contributed by atoms with Crippen molar-refractivity contribution in [1.82, 2.24) is 5.32 Å². The summed E-state index contributed by atoms with van der Waals surface area (Å²) < 4.78 is 12.0. The van der Waals surface area contributed by atoms with Gasteiger partial charge >= 0.3 is 5.97 Å². The Morgan fingerprint density at radius 2 is 1.76 bits per heavy atom. The molecule has 2 unspecified atom stereocenters. The van der Waals surface area contributed by atoms with Gasteiger partial charge in [0.05, 0.1) is 5.92 Å². The highest BCUT2D eigenvalue weighted by Crippen LogP contribution is 2.36. The number of benzene rings is 3. The maximum atomic E-state index is 12.5. The molecule has 0 spiro atoms. The summed E-state index contributed by atoms with van der Waals surface area (Å²) in [4.78, 5) is 12.5. The molecule has 148 valence electrons. The highest BCUT2D eigenvalue weighted by atomic mass is 16.5. The third kappa shape index (κ3) is 4.49. The second-order valence-corrected chi connectivity index (χ2v) is 7.27. The number of esters is 1. The minimum Gasteiger partial charge on any atom is -0.486 e. The van der Waals surface area contributed by atoms with Crippen LogP contribution in [0.3, 0.4) is 0 Å². The van der Waals surface area contributed by atoms with E-state index in [4.69, 9.17) is 9.47 Å². The SMILES string of the molecule is CNCCC(Oc1ccc2c(c1)CC(c1ccccc1)C(=O)O2)c1ccccc1. The number of fused-ring (bicyclic) bond motifs is 1. The first kappa shape index (κ1) is 19.2. The van der Waals surface area contributed by atoms with Gasteiger partial charge in [0.15, 0.2) is 0 Å². The first-order valence-corrected chi connectivity index (χ1v) is 10.0. The molecule has 4 rings (SSSR count). The molecule has 29 heavy (non-hydrogen) atoms. The molecule has 0 amide bonds. The van der Waals surface area contributed by atoms with Crippen LogP contribution < -0.4 is 14.8 Å². The topological polar surface area (TPSA) is 47.6 Å². The van der Waals surface area contributed by atoms with Gasteiger partial charge in [-0.05, 0) is 54.9 Å². The summed E-state index contributed by atoms with van der Waals surface area (Å²) >= 11 is 0. The predicted octanol–water partition coefficient (Wildman–Crippen LogP) is 4.66. The molecule has 4 nitrogen and oxygen atoms in total. The van der Waals surface area contributed by atoms with Gasteiger partial charge in [0.1, 0.15) is 17.6 Å². The highest BCUT2D eigenvalue weighted by Gasteiger charge is 2.30. The van der Waals surface area contributed by atoms with Gasteiger partial charge in [-0.2, -0.15) is 0 Å². The zero-order valence-electron chi connectivity index (χ0n) is 16.5. The van der Waals surface area contributed by atoms with Crippen LogP contribution >= 0.6 is 0 Å². The Morgan fingerprint density at radius 3 is 2.48 bits per heavy atom. The average Bonchev–Trinajstić information content (AvgIpc) is 2.77. The molecular formula is C25H25NO3. The van der Waals surface area contributed by atoms with Gasteiger partial charge < -0.3 is 14.8 Å². The van der Waals surface area contributed by atoms with E-state index in [2.05, 4.69) is 17.4 Å². The molecule has 0 saturated heterocycles. The molecule has 0 aromatic heterocycles. The Labute approximate surface area is 171 Å².